The summed E-state index contributed by atoms with van der Waals surface area (Å²) >= 11 is 2.90. The molecular formula is C20H18N2O3S2. The number of aromatic nitrogens is 1. The first-order chi connectivity index (χ1) is 13.2. The van der Waals surface area contributed by atoms with Gasteiger partial charge in [-0.25, -0.2) is 4.98 Å². The first-order valence-corrected chi connectivity index (χ1v) is 10.4. The fourth-order valence-corrected chi connectivity index (χ4v) is 4.28. The van der Waals surface area contributed by atoms with Crippen molar-refractivity contribution in [1.82, 2.24) is 4.98 Å². The molecule has 0 atom stereocenters. The normalized spacial score (nSPS) is 12.3. The van der Waals surface area contributed by atoms with Crippen molar-refractivity contribution in [3.63, 3.8) is 0 Å². The second kappa shape index (κ2) is 8.02. The predicted octanol–water partition coefficient (Wildman–Crippen LogP) is 4.48. The second-order valence-electron chi connectivity index (χ2n) is 5.97. The highest BCUT2D eigenvalue weighted by atomic mass is 32.2. The van der Waals surface area contributed by atoms with Gasteiger partial charge in [-0.3, -0.25) is 4.79 Å². The molecule has 1 aliphatic rings. The summed E-state index contributed by atoms with van der Waals surface area (Å²) < 4.78 is 10.7. The molecule has 1 aliphatic heterocycles. The van der Waals surface area contributed by atoms with Crippen LogP contribution in [-0.2, 0) is 11.2 Å². The summed E-state index contributed by atoms with van der Waals surface area (Å²) in [5, 5.41) is 5.44. The average Bonchev–Trinajstić information content (AvgIpc) is 3.35. The van der Waals surface area contributed by atoms with Gasteiger partial charge in [-0.15, -0.1) is 23.1 Å². The zero-order valence-corrected chi connectivity index (χ0v) is 16.4. The molecule has 0 spiro atoms. The van der Waals surface area contributed by atoms with Crippen LogP contribution in [0, 0.1) is 0 Å². The highest BCUT2D eigenvalue weighted by molar-refractivity contribution is 8.00. The Bertz CT molecular complexity index is 971. The fraction of sp³-hybridized carbons (Fsp3) is 0.200. The minimum atomic E-state index is -0.0777. The molecule has 0 unspecified atom stereocenters. The number of thiazole rings is 1. The maximum absolute atomic E-state index is 12.2. The third-order valence-corrected chi connectivity index (χ3v) is 5.90. The Kier molecular flexibility index (Phi) is 5.31. The Morgan fingerprint density at radius 3 is 3.15 bits per heavy atom. The smallest absolute Gasteiger partial charge is 0.236 e. The largest absolute Gasteiger partial charge is 0.497 e. The summed E-state index contributed by atoms with van der Waals surface area (Å²) in [5.41, 5.74) is 3.12. The van der Waals surface area contributed by atoms with Crippen LogP contribution < -0.4 is 14.8 Å². The third kappa shape index (κ3) is 4.26. The van der Waals surface area contributed by atoms with E-state index in [1.165, 1.54) is 28.7 Å². The summed E-state index contributed by atoms with van der Waals surface area (Å²) in [6, 6.07) is 13.8. The molecule has 27 heavy (non-hydrogen) atoms. The van der Waals surface area contributed by atoms with E-state index in [0.717, 1.165) is 40.7 Å². The van der Waals surface area contributed by atoms with Gasteiger partial charge in [0.25, 0.3) is 0 Å². The van der Waals surface area contributed by atoms with Crippen LogP contribution in [0.5, 0.6) is 11.5 Å². The summed E-state index contributed by atoms with van der Waals surface area (Å²) in [6.07, 6.45) is 0.929. The second-order valence-corrected chi connectivity index (χ2v) is 7.88. The first-order valence-electron chi connectivity index (χ1n) is 8.49. The van der Waals surface area contributed by atoms with Gasteiger partial charge < -0.3 is 14.8 Å². The van der Waals surface area contributed by atoms with E-state index in [9.17, 15) is 4.79 Å². The molecule has 1 N–H and O–H groups in total. The number of benzene rings is 2. The van der Waals surface area contributed by atoms with Crippen LogP contribution >= 0.6 is 23.1 Å². The summed E-state index contributed by atoms with van der Waals surface area (Å²) in [7, 11) is 1.63. The van der Waals surface area contributed by atoms with E-state index in [1.54, 1.807) is 7.11 Å². The predicted molar refractivity (Wildman–Crippen MR) is 109 cm³/mol. The van der Waals surface area contributed by atoms with Crippen molar-refractivity contribution in [3.8, 4) is 22.8 Å². The molecule has 2 aromatic carbocycles. The molecule has 0 aliphatic carbocycles. The Labute approximate surface area is 165 Å². The topological polar surface area (TPSA) is 60.5 Å². The van der Waals surface area contributed by atoms with Crippen molar-refractivity contribution >= 4 is 34.1 Å². The number of carbonyl (C=O) groups excluding carboxylic acids is 1. The highest BCUT2D eigenvalue weighted by Crippen LogP contribution is 2.32. The number of anilines is 1. The molecule has 0 fully saturated rings. The number of nitrogens with zero attached hydrogens (tertiary/aromatic N) is 1. The molecular weight excluding hydrogens is 380 g/mol. The number of ether oxygens (including phenoxy) is 2. The molecule has 0 saturated carbocycles. The quantitative estimate of drug-likeness (QED) is 0.620. The summed E-state index contributed by atoms with van der Waals surface area (Å²) in [4.78, 5) is 17.8. The van der Waals surface area contributed by atoms with Crippen molar-refractivity contribution in [2.75, 3.05) is 24.8 Å². The lowest BCUT2D eigenvalue weighted by molar-refractivity contribution is -0.113. The van der Waals surface area contributed by atoms with Crippen molar-refractivity contribution in [1.29, 1.82) is 0 Å². The fourth-order valence-electron chi connectivity index (χ4n) is 2.80. The van der Waals surface area contributed by atoms with Crippen LogP contribution in [-0.4, -0.2) is 30.4 Å². The molecule has 2 heterocycles. The average molecular weight is 399 g/mol. The molecule has 7 heteroatoms. The van der Waals surface area contributed by atoms with Gasteiger partial charge in [-0.05, 0) is 42.0 Å². The van der Waals surface area contributed by atoms with Gasteiger partial charge in [0.15, 0.2) is 5.13 Å². The Morgan fingerprint density at radius 2 is 2.26 bits per heavy atom. The lowest BCUT2D eigenvalue weighted by Gasteiger charge is -2.04. The van der Waals surface area contributed by atoms with Crippen LogP contribution in [0.2, 0.25) is 0 Å². The van der Waals surface area contributed by atoms with Crippen LogP contribution in [0.4, 0.5) is 5.13 Å². The molecule has 4 rings (SSSR count). The van der Waals surface area contributed by atoms with E-state index in [4.69, 9.17) is 9.47 Å². The standard InChI is InChI=1S/C20H18N2O3S2/c1-24-15-3-2-4-16(10-15)26-12-19(23)22-20-21-17(11-27-20)13-5-6-18-14(9-13)7-8-25-18/h2-6,9-11H,7-8,12H2,1H3,(H,21,22,23). The number of methoxy groups -OCH3 is 1. The minimum absolute atomic E-state index is 0.0777. The SMILES string of the molecule is COc1cccc(SCC(=O)Nc2nc(-c3ccc4c(c3)CCO4)cs2)c1. The van der Waals surface area contributed by atoms with Gasteiger partial charge >= 0.3 is 0 Å². The number of amides is 1. The van der Waals surface area contributed by atoms with Gasteiger partial charge in [-0.2, -0.15) is 0 Å². The number of thioether (sulfide) groups is 1. The number of hydrogen-bond donors (Lipinski definition) is 1. The van der Waals surface area contributed by atoms with E-state index >= 15 is 0 Å². The lowest BCUT2D eigenvalue weighted by Crippen LogP contribution is -2.13. The van der Waals surface area contributed by atoms with Crippen LogP contribution in [0.15, 0.2) is 52.7 Å². The minimum Gasteiger partial charge on any atom is -0.497 e. The molecule has 0 radical (unpaired) electrons. The monoisotopic (exact) mass is 398 g/mol. The molecule has 1 aromatic heterocycles. The van der Waals surface area contributed by atoms with Crippen molar-refractivity contribution in [2.24, 2.45) is 0 Å². The lowest BCUT2D eigenvalue weighted by atomic mass is 10.1. The zero-order valence-electron chi connectivity index (χ0n) is 14.7. The molecule has 1 amide bonds. The number of rotatable bonds is 6. The maximum atomic E-state index is 12.2. The molecule has 3 aromatic rings. The van der Waals surface area contributed by atoms with Crippen LogP contribution in [0.3, 0.4) is 0 Å². The molecule has 138 valence electrons. The Hall–Kier alpha value is -2.51. The molecule has 0 bridgehead atoms. The van der Waals surface area contributed by atoms with Crippen LogP contribution in [0.25, 0.3) is 11.3 Å². The molecule has 0 saturated heterocycles. The van der Waals surface area contributed by atoms with Crippen molar-refractivity contribution in [3.05, 3.63) is 53.4 Å². The number of carbonyl (C=O) groups is 1. The van der Waals surface area contributed by atoms with E-state index in [2.05, 4.69) is 16.4 Å². The Morgan fingerprint density at radius 1 is 1.33 bits per heavy atom. The number of nitrogens with one attached hydrogen (secondary N) is 1. The number of hydrogen-bond acceptors (Lipinski definition) is 6. The van der Waals surface area contributed by atoms with E-state index in [0.29, 0.717) is 10.9 Å². The van der Waals surface area contributed by atoms with Crippen molar-refractivity contribution < 1.29 is 14.3 Å². The summed E-state index contributed by atoms with van der Waals surface area (Å²) in [6.45, 7) is 0.738. The van der Waals surface area contributed by atoms with E-state index < -0.39 is 0 Å². The van der Waals surface area contributed by atoms with E-state index in [1.807, 2.05) is 41.8 Å². The van der Waals surface area contributed by atoms with Gasteiger partial charge in [0.1, 0.15) is 11.5 Å². The highest BCUT2D eigenvalue weighted by Gasteiger charge is 2.14. The maximum Gasteiger partial charge on any atom is 0.236 e. The Balaban J connectivity index is 1.36. The van der Waals surface area contributed by atoms with Gasteiger partial charge in [0.05, 0.1) is 25.2 Å². The molecule has 5 nitrogen and oxygen atoms in total. The third-order valence-electron chi connectivity index (χ3n) is 4.15. The van der Waals surface area contributed by atoms with E-state index in [-0.39, 0.29) is 5.91 Å². The van der Waals surface area contributed by atoms with Gasteiger partial charge in [0.2, 0.25) is 5.91 Å². The van der Waals surface area contributed by atoms with Gasteiger partial charge in [-0.1, -0.05) is 6.07 Å². The summed E-state index contributed by atoms with van der Waals surface area (Å²) in [5.74, 6) is 1.98. The first kappa shape index (κ1) is 17.9. The number of fused-ring (bicyclic) bond motifs is 1. The zero-order chi connectivity index (χ0) is 18.6. The van der Waals surface area contributed by atoms with Gasteiger partial charge in [0, 0.05) is 22.3 Å². The van der Waals surface area contributed by atoms with Crippen molar-refractivity contribution in [2.45, 2.75) is 11.3 Å². The van der Waals surface area contributed by atoms with Crippen LogP contribution in [0.1, 0.15) is 5.56 Å².